The highest BCUT2D eigenvalue weighted by Crippen LogP contribution is 2.44. The number of halogens is 1. The number of hydrogen-bond acceptors (Lipinski definition) is 9. The Balaban J connectivity index is 1.55. The fourth-order valence-electron chi connectivity index (χ4n) is 2.83. The Labute approximate surface area is 155 Å². The third-order valence-corrected chi connectivity index (χ3v) is 5.51. The molecule has 3 aromatic rings. The molecule has 2 unspecified atom stereocenters. The maximum absolute atomic E-state index is 14.6. The molecule has 5 N–H and O–H groups in total. The second-order valence-electron chi connectivity index (χ2n) is 6.00. The van der Waals surface area contributed by atoms with Gasteiger partial charge < -0.3 is 20.5 Å². The fraction of sp³-hybridized carbons (Fsp3) is 0.385. The van der Waals surface area contributed by atoms with Crippen molar-refractivity contribution in [2.24, 2.45) is 0 Å². The predicted octanol–water partition coefficient (Wildman–Crippen LogP) is -0.840. The zero-order valence-corrected chi connectivity index (χ0v) is 14.9. The highest BCUT2D eigenvalue weighted by atomic mass is 31.2. The van der Waals surface area contributed by atoms with E-state index < -0.39 is 44.5 Å². The Bertz CT molecular complexity index is 1100. The molecule has 13 nitrogen and oxygen atoms in total. The van der Waals surface area contributed by atoms with Crippen molar-refractivity contribution in [3.63, 3.8) is 0 Å². The number of nitrogens with zero attached hydrogens (tertiary/aromatic N) is 5. The zero-order valence-electron chi connectivity index (χ0n) is 14.0. The van der Waals surface area contributed by atoms with Gasteiger partial charge >= 0.3 is 7.75 Å². The SMILES string of the molecule is Nc1nc2c(ncn2[C@@H]2O[C@H](COP(=O)(O)n3ccnc3)[C@H](O)C2F)c(=O)[nH]1. The van der Waals surface area contributed by atoms with Crippen molar-refractivity contribution in [2.75, 3.05) is 12.3 Å². The van der Waals surface area contributed by atoms with Crippen LogP contribution in [0.4, 0.5) is 10.3 Å². The van der Waals surface area contributed by atoms with E-state index in [1.54, 1.807) is 0 Å². The van der Waals surface area contributed by atoms with Crippen LogP contribution in [0, 0.1) is 0 Å². The summed E-state index contributed by atoms with van der Waals surface area (Å²) in [5.74, 6) is -0.199. The summed E-state index contributed by atoms with van der Waals surface area (Å²) in [5.41, 5.74) is 4.77. The number of aromatic nitrogens is 6. The van der Waals surface area contributed by atoms with Crippen LogP contribution in [0.5, 0.6) is 0 Å². The van der Waals surface area contributed by atoms with Crippen molar-refractivity contribution in [3.8, 4) is 0 Å². The molecule has 150 valence electrons. The van der Waals surface area contributed by atoms with E-state index in [-0.39, 0.29) is 17.1 Å². The Morgan fingerprint density at radius 1 is 1.46 bits per heavy atom. The van der Waals surface area contributed by atoms with E-state index in [9.17, 15) is 23.7 Å². The molecule has 0 aromatic carbocycles. The van der Waals surface area contributed by atoms with Crippen molar-refractivity contribution < 1.29 is 28.2 Å². The van der Waals surface area contributed by atoms with E-state index in [1.165, 1.54) is 12.4 Å². The van der Waals surface area contributed by atoms with Gasteiger partial charge in [0.15, 0.2) is 23.6 Å². The second-order valence-corrected chi connectivity index (χ2v) is 7.71. The van der Waals surface area contributed by atoms with Crippen molar-refractivity contribution in [1.29, 1.82) is 0 Å². The summed E-state index contributed by atoms with van der Waals surface area (Å²) >= 11 is 0. The maximum Gasteiger partial charge on any atom is 0.437 e. The number of rotatable bonds is 5. The number of ether oxygens (including phenoxy) is 1. The monoisotopic (exact) mass is 415 g/mol. The van der Waals surface area contributed by atoms with Crippen molar-refractivity contribution in [2.45, 2.75) is 24.6 Å². The van der Waals surface area contributed by atoms with E-state index >= 15 is 0 Å². The predicted molar refractivity (Wildman–Crippen MR) is 90.8 cm³/mol. The molecule has 1 saturated heterocycles. The van der Waals surface area contributed by atoms with Crippen LogP contribution in [0.3, 0.4) is 0 Å². The molecule has 0 bridgehead atoms. The van der Waals surface area contributed by atoms with Gasteiger partial charge in [-0.1, -0.05) is 0 Å². The molecule has 1 aliphatic heterocycles. The van der Waals surface area contributed by atoms with Gasteiger partial charge in [-0.3, -0.25) is 18.9 Å². The lowest BCUT2D eigenvalue weighted by atomic mass is 10.1. The third-order valence-electron chi connectivity index (χ3n) is 4.21. The lowest BCUT2D eigenvalue weighted by molar-refractivity contribution is -0.0429. The Hall–Kier alpha value is -2.64. The molecule has 0 aliphatic carbocycles. The van der Waals surface area contributed by atoms with Gasteiger partial charge in [0.2, 0.25) is 5.95 Å². The van der Waals surface area contributed by atoms with E-state index in [0.29, 0.717) is 0 Å². The first kappa shape index (κ1) is 18.7. The quantitative estimate of drug-likeness (QED) is 0.383. The summed E-state index contributed by atoms with van der Waals surface area (Å²) in [6, 6.07) is 0. The average Bonchev–Trinajstić information content (AvgIpc) is 3.35. The van der Waals surface area contributed by atoms with Crippen molar-refractivity contribution in [1.82, 2.24) is 28.8 Å². The molecule has 3 aromatic heterocycles. The minimum absolute atomic E-state index is 0.0334. The van der Waals surface area contributed by atoms with Crippen molar-refractivity contribution in [3.05, 3.63) is 35.4 Å². The Morgan fingerprint density at radius 2 is 2.25 bits per heavy atom. The fourth-order valence-corrected chi connectivity index (χ4v) is 3.73. The molecule has 0 amide bonds. The molecule has 4 rings (SSSR count). The van der Waals surface area contributed by atoms with Crippen LogP contribution in [0.2, 0.25) is 0 Å². The van der Waals surface area contributed by atoms with Crippen LogP contribution in [0.15, 0.2) is 29.8 Å². The Morgan fingerprint density at radius 3 is 2.96 bits per heavy atom. The molecule has 0 radical (unpaired) electrons. The number of aliphatic hydroxyl groups is 1. The lowest BCUT2D eigenvalue weighted by Gasteiger charge is -2.18. The first-order valence-corrected chi connectivity index (χ1v) is 9.47. The topological polar surface area (TPSA) is 183 Å². The number of hydrogen-bond donors (Lipinski definition) is 4. The van der Waals surface area contributed by atoms with Gasteiger partial charge in [0.25, 0.3) is 5.56 Å². The summed E-state index contributed by atoms with van der Waals surface area (Å²) < 4.78 is 39.1. The molecular formula is C13H15FN7O6P. The number of nitrogens with two attached hydrogens (primary N) is 1. The van der Waals surface area contributed by atoms with E-state index in [1.807, 2.05) is 0 Å². The molecule has 4 heterocycles. The van der Waals surface area contributed by atoms with Crippen LogP contribution in [-0.2, 0) is 13.8 Å². The number of nitrogens with one attached hydrogen (secondary N) is 1. The van der Waals surface area contributed by atoms with Crippen molar-refractivity contribution >= 4 is 24.9 Å². The smallest absolute Gasteiger partial charge is 0.387 e. The minimum Gasteiger partial charge on any atom is -0.387 e. The highest BCUT2D eigenvalue weighted by molar-refractivity contribution is 7.51. The molecule has 5 atom stereocenters. The van der Waals surface area contributed by atoms with E-state index in [0.717, 1.165) is 21.6 Å². The molecule has 28 heavy (non-hydrogen) atoms. The van der Waals surface area contributed by atoms with Gasteiger partial charge in [-0.15, -0.1) is 0 Å². The number of H-pyrrole nitrogens is 1. The second kappa shape index (κ2) is 6.76. The number of aromatic amines is 1. The number of anilines is 1. The number of alkyl halides is 1. The molecule has 1 fully saturated rings. The first-order valence-electron chi connectivity index (χ1n) is 7.94. The normalized spacial score (nSPS) is 27.2. The molecule has 0 saturated carbocycles. The van der Waals surface area contributed by atoms with E-state index in [4.69, 9.17) is 15.0 Å². The van der Waals surface area contributed by atoms with Crippen LogP contribution < -0.4 is 11.3 Å². The van der Waals surface area contributed by atoms with Crippen LogP contribution in [0.25, 0.3) is 11.2 Å². The minimum atomic E-state index is -4.28. The molecule has 0 spiro atoms. The molecule has 1 aliphatic rings. The average molecular weight is 415 g/mol. The lowest BCUT2D eigenvalue weighted by Crippen LogP contribution is -2.31. The van der Waals surface area contributed by atoms with Gasteiger partial charge in [-0.2, -0.15) is 4.98 Å². The molecule has 15 heteroatoms. The number of fused-ring (bicyclic) bond motifs is 1. The summed E-state index contributed by atoms with van der Waals surface area (Å²) in [4.78, 5) is 35.4. The summed E-state index contributed by atoms with van der Waals surface area (Å²) in [6.45, 7) is -0.577. The van der Waals surface area contributed by atoms with Gasteiger partial charge in [0, 0.05) is 12.4 Å². The summed E-state index contributed by atoms with van der Waals surface area (Å²) in [6.07, 6.45) is -1.55. The number of imidazole rings is 2. The van der Waals surface area contributed by atoms with Crippen LogP contribution >= 0.6 is 7.75 Å². The first-order chi connectivity index (χ1) is 13.3. The van der Waals surface area contributed by atoms with Gasteiger partial charge in [-0.25, -0.2) is 23.3 Å². The van der Waals surface area contributed by atoms with Gasteiger partial charge in [-0.05, 0) is 0 Å². The highest BCUT2D eigenvalue weighted by Gasteiger charge is 2.46. The maximum atomic E-state index is 14.6. The van der Waals surface area contributed by atoms with Gasteiger partial charge in [0.05, 0.1) is 12.9 Å². The van der Waals surface area contributed by atoms with Crippen LogP contribution in [0.1, 0.15) is 6.23 Å². The number of aliphatic hydroxyl groups excluding tert-OH is 1. The van der Waals surface area contributed by atoms with E-state index in [2.05, 4.69) is 19.9 Å². The summed E-state index contributed by atoms with van der Waals surface area (Å²) in [5, 5.41) is 10.1. The Kier molecular flexibility index (Phi) is 4.51. The summed E-state index contributed by atoms with van der Waals surface area (Å²) in [7, 11) is -4.28. The largest absolute Gasteiger partial charge is 0.437 e. The van der Waals surface area contributed by atoms with Gasteiger partial charge in [0.1, 0.15) is 18.5 Å². The zero-order chi connectivity index (χ0) is 20.1. The molecular weight excluding hydrogens is 400 g/mol. The standard InChI is InChI=1S/C13H15FN7O6P/c14-7-9(22)6(3-26-28(24,25)20-2-1-16-4-20)27-12(7)21-5-17-8-10(21)18-13(15)19-11(8)23/h1-2,4-7,9,12,22H,3H2,(H,24,25)(H3,15,18,19,23)/t6-,7?,9+,12-/m1/s1. The third kappa shape index (κ3) is 3.10. The van der Waals surface area contributed by atoms with Crippen LogP contribution in [-0.4, -0.2) is 63.8 Å². The number of nitrogen functional groups attached to an aromatic ring is 1.